The summed E-state index contributed by atoms with van der Waals surface area (Å²) in [4.78, 5) is 22.9. The van der Waals surface area contributed by atoms with E-state index >= 15 is 0 Å². The molecule has 0 aliphatic carbocycles. The number of anilines is 2. The molecular weight excluding hydrogens is 432 g/mol. The first-order chi connectivity index (χ1) is 15.0. The number of aryl methyl sites for hydroxylation is 1. The van der Waals surface area contributed by atoms with Gasteiger partial charge in [-0.2, -0.15) is 0 Å². The quantitative estimate of drug-likeness (QED) is 0.329. The number of carbonyl (C=O) groups excluding carboxylic acids is 1. The second-order valence-electron chi connectivity index (χ2n) is 6.98. The number of hydrogen-bond donors (Lipinski definition) is 3. The van der Waals surface area contributed by atoms with Gasteiger partial charge in [0.05, 0.1) is 15.7 Å². The summed E-state index contributed by atoms with van der Waals surface area (Å²) in [6, 6.07) is 16.7. The highest BCUT2D eigenvalue weighted by Gasteiger charge is 2.16. The predicted molar refractivity (Wildman–Crippen MR) is 124 cm³/mol. The van der Waals surface area contributed by atoms with Crippen LogP contribution in [0.25, 0.3) is 20.6 Å². The molecule has 0 saturated carbocycles. The van der Waals surface area contributed by atoms with Crippen molar-refractivity contribution in [3.8, 4) is 0 Å². The highest BCUT2D eigenvalue weighted by molar-refractivity contribution is 7.29. The fraction of sp³-hybridized carbons (Fsp3) is 0.136. The first-order valence-electron chi connectivity index (χ1n) is 9.61. The van der Waals surface area contributed by atoms with Crippen molar-refractivity contribution in [2.45, 2.75) is 13.0 Å². The van der Waals surface area contributed by atoms with Gasteiger partial charge in [-0.3, -0.25) is 4.79 Å². The maximum atomic E-state index is 12.7. The summed E-state index contributed by atoms with van der Waals surface area (Å²) in [5.41, 5.74) is 2.91. The smallest absolute Gasteiger partial charge is 0.265 e. The number of thiazole rings is 1. The van der Waals surface area contributed by atoms with E-state index in [1.165, 1.54) is 22.7 Å². The maximum absolute atomic E-state index is 12.7. The van der Waals surface area contributed by atoms with Crippen molar-refractivity contribution in [3.63, 3.8) is 0 Å². The fourth-order valence-corrected chi connectivity index (χ4v) is 5.23. The Morgan fingerprint density at radius 3 is 2.77 bits per heavy atom. The number of amides is 1. The van der Waals surface area contributed by atoms with Gasteiger partial charge in [-0.15, -0.1) is 11.3 Å². The Morgan fingerprint density at radius 1 is 1.13 bits per heavy atom. The number of aliphatic hydroxyl groups excluding tert-OH is 1. The SMILES string of the molecule is Cc1nc2cc(NC(=O)c3cc4sc(NCC(O)c5ccccc5)nc4s3)ccc2o1. The summed E-state index contributed by atoms with van der Waals surface area (Å²) in [6.45, 7) is 2.15. The lowest BCUT2D eigenvalue weighted by Crippen LogP contribution is -2.11. The van der Waals surface area contributed by atoms with Gasteiger partial charge < -0.3 is 20.2 Å². The molecule has 1 amide bonds. The lowest BCUT2D eigenvalue weighted by Gasteiger charge is -2.11. The highest BCUT2D eigenvalue weighted by Crippen LogP contribution is 2.33. The molecule has 0 spiro atoms. The number of aliphatic hydroxyl groups is 1. The van der Waals surface area contributed by atoms with Crippen LogP contribution in [0.1, 0.15) is 27.2 Å². The zero-order valence-corrected chi connectivity index (χ0v) is 18.1. The molecule has 156 valence electrons. The third-order valence-corrected chi connectivity index (χ3v) is 6.81. The van der Waals surface area contributed by atoms with Crippen LogP contribution in [-0.4, -0.2) is 27.5 Å². The average Bonchev–Trinajstić information content (AvgIpc) is 3.44. The van der Waals surface area contributed by atoms with Crippen molar-refractivity contribution in [1.82, 2.24) is 9.97 Å². The van der Waals surface area contributed by atoms with E-state index in [9.17, 15) is 9.90 Å². The standard InChI is InChI=1S/C22H18N4O3S2/c1-12-24-15-9-14(7-8-17(15)29-12)25-20(28)18-10-19-21(30-18)26-22(31-19)23-11-16(27)13-5-3-2-4-6-13/h2-10,16,27H,11H2,1H3,(H,23,26)(H,25,28). The van der Waals surface area contributed by atoms with Crippen LogP contribution in [0.15, 0.2) is 59.0 Å². The molecule has 1 atom stereocenters. The van der Waals surface area contributed by atoms with Gasteiger partial charge in [-0.25, -0.2) is 9.97 Å². The first-order valence-corrected chi connectivity index (χ1v) is 11.2. The minimum Gasteiger partial charge on any atom is -0.441 e. The van der Waals surface area contributed by atoms with E-state index in [4.69, 9.17) is 4.42 Å². The maximum Gasteiger partial charge on any atom is 0.265 e. The van der Waals surface area contributed by atoms with E-state index in [0.29, 0.717) is 34.1 Å². The van der Waals surface area contributed by atoms with Crippen molar-refractivity contribution in [3.05, 3.63) is 70.9 Å². The number of hydrogen-bond acceptors (Lipinski definition) is 8. The van der Waals surface area contributed by atoms with Crippen LogP contribution in [-0.2, 0) is 0 Å². The van der Waals surface area contributed by atoms with Gasteiger partial charge >= 0.3 is 0 Å². The van der Waals surface area contributed by atoms with Crippen molar-refractivity contribution < 1.29 is 14.3 Å². The molecule has 0 saturated heterocycles. The monoisotopic (exact) mass is 450 g/mol. The molecule has 2 aromatic carbocycles. The molecule has 9 heteroatoms. The number of aromatic nitrogens is 2. The molecule has 0 aliphatic rings. The normalized spacial score (nSPS) is 12.3. The first kappa shape index (κ1) is 19.7. The summed E-state index contributed by atoms with van der Waals surface area (Å²) < 4.78 is 6.39. The second kappa shape index (κ2) is 8.10. The molecule has 3 heterocycles. The van der Waals surface area contributed by atoms with Gasteiger partial charge in [-0.05, 0) is 29.8 Å². The molecule has 5 rings (SSSR count). The highest BCUT2D eigenvalue weighted by atomic mass is 32.1. The molecule has 0 radical (unpaired) electrons. The summed E-state index contributed by atoms with van der Waals surface area (Å²) in [7, 11) is 0. The fourth-order valence-electron chi connectivity index (χ4n) is 3.21. The Balaban J connectivity index is 1.25. The molecule has 0 fully saturated rings. The summed E-state index contributed by atoms with van der Waals surface area (Å²) in [6.07, 6.45) is -0.615. The molecule has 5 aromatic rings. The molecule has 0 bridgehead atoms. The Hall–Kier alpha value is -3.27. The van der Waals surface area contributed by atoms with Crippen molar-refractivity contribution >= 4 is 60.0 Å². The molecule has 3 aromatic heterocycles. The van der Waals surface area contributed by atoms with Gasteiger partial charge in [0.2, 0.25) is 0 Å². The van der Waals surface area contributed by atoms with Crippen LogP contribution in [0.3, 0.4) is 0 Å². The predicted octanol–water partition coefficient (Wildman–Crippen LogP) is 5.21. The number of fused-ring (bicyclic) bond motifs is 2. The Bertz CT molecular complexity index is 1340. The third kappa shape index (κ3) is 4.15. The number of nitrogens with one attached hydrogen (secondary N) is 2. The molecule has 1 unspecified atom stereocenters. The number of benzene rings is 2. The van der Waals surface area contributed by atoms with Gasteiger partial charge in [0.1, 0.15) is 10.3 Å². The van der Waals surface area contributed by atoms with E-state index in [1.54, 1.807) is 25.1 Å². The average molecular weight is 451 g/mol. The van der Waals surface area contributed by atoms with Gasteiger partial charge in [0.15, 0.2) is 16.6 Å². The Kier molecular flexibility index (Phi) is 5.14. The van der Waals surface area contributed by atoms with Crippen molar-refractivity contribution in [2.24, 2.45) is 0 Å². The van der Waals surface area contributed by atoms with E-state index in [-0.39, 0.29) is 5.91 Å². The van der Waals surface area contributed by atoms with Gasteiger partial charge in [0.25, 0.3) is 5.91 Å². The summed E-state index contributed by atoms with van der Waals surface area (Å²) in [5.74, 6) is 0.396. The number of thiophene rings is 1. The van der Waals surface area contributed by atoms with Crippen LogP contribution in [0.2, 0.25) is 0 Å². The van der Waals surface area contributed by atoms with E-state index in [0.717, 1.165) is 20.2 Å². The van der Waals surface area contributed by atoms with Gasteiger partial charge in [-0.1, -0.05) is 41.7 Å². The second-order valence-corrected chi connectivity index (χ2v) is 9.04. The van der Waals surface area contributed by atoms with E-state index < -0.39 is 6.10 Å². The summed E-state index contributed by atoms with van der Waals surface area (Å²) in [5, 5.41) is 17.1. The zero-order valence-electron chi connectivity index (χ0n) is 16.5. The number of nitrogens with zero attached hydrogens (tertiary/aromatic N) is 2. The van der Waals surface area contributed by atoms with Crippen molar-refractivity contribution in [2.75, 3.05) is 17.2 Å². The number of oxazole rings is 1. The molecule has 31 heavy (non-hydrogen) atoms. The molecule has 7 nitrogen and oxygen atoms in total. The Morgan fingerprint density at radius 2 is 1.97 bits per heavy atom. The topological polar surface area (TPSA) is 100 Å². The zero-order chi connectivity index (χ0) is 21.4. The van der Waals surface area contributed by atoms with Crippen LogP contribution in [0.4, 0.5) is 10.8 Å². The van der Waals surface area contributed by atoms with Crippen LogP contribution in [0.5, 0.6) is 0 Å². The molecular formula is C22H18N4O3S2. The molecule has 3 N–H and O–H groups in total. The minimum atomic E-state index is -0.615. The summed E-state index contributed by atoms with van der Waals surface area (Å²) >= 11 is 2.79. The van der Waals surface area contributed by atoms with E-state index in [1.807, 2.05) is 36.4 Å². The largest absolute Gasteiger partial charge is 0.441 e. The lowest BCUT2D eigenvalue weighted by atomic mass is 10.1. The van der Waals surface area contributed by atoms with Gasteiger partial charge in [0, 0.05) is 19.2 Å². The van der Waals surface area contributed by atoms with Crippen molar-refractivity contribution in [1.29, 1.82) is 0 Å². The lowest BCUT2D eigenvalue weighted by molar-refractivity contribution is 0.103. The van der Waals surface area contributed by atoms with E-state index in [2.05, 4.69) is 20.6 Å². The number of carbonyl (C=O) groups is 1. The van der Waals surface area contributed by atoms with Crippen LogP contribution < -0.4 is 10.6 Å². The minimum absolute atomic E-state index is 0.191. The van der Waals surface area contributed by atoms with Crippen LogP contribution in [0, 0.1) is 6.92 Å². The number of rotatable bonds is 6. The third-order valence-electron chi connectivity index (χ3n) is 4.70. The Labute approximate surface area is 185 Å². The van der Waals surface area contributed by atoms with Crippen LogP contribution >= 0.6 is 22.7 Å². The molecule has 0 aliphatic heterocycles.